The zero-order valence-corrected chi connectivity index (χ0v) is 14.9. The lowest BCUT2D eigenvalue weighted by molar-refractivity contribution is -0.123. The molecule has 2 N–H and O–H groups in total. The summed E-state index contributed by atoms with van der Waals surface area (Å²) in [5, 5.41) is 9.55. The first-order valence-electron chi connectivity index (χ1n) is 8.26. The Morgan fingerprint density at radius 3 is 2.75 bits per heavy atom. The van der Waals surface area contributed by atoms with Crippen molar-refractivity contribution in [2.45, 2.75) is 45.3 Å². The molecule has 1 saturated carbocycles. The minimum atomic E-state index is -0.0461. The minimum absolute atomic E-state index is 0.0461. The molecule has 0 bridgehead atoms. The quantitative estimate of drug-likeness (QED) is 0.772. The number of ether oxygens (including phenoxy) is 1. The van der Waals surface area contributed by atoms with Crippen LogP contribution in [0.25, 0.3) is 0 Å². The van der Waals surface area contributed by atoms with Crippen LogP contribution in [0.3, 0.4) is 0 Å². The van der Waals surface area contributed by atoms with Crippen LogP contribution < -0.4 is 15.4 Å². The molecule has 1 heterocycles. The molecular weight excluding hydrogens is 322 g/mol. The van der Waals surface area contributed by atoms with Crippen molar-refractivity contribution in [2.24, 2.45) is 0 Å². The summed E-state index contributed by atoms with van der Waals surface area (Å²) >= 11 is 1.67. The number of nitrogens with zero attached hydrogens (tertiary/aromatic N) is 1. The Morgan fingerprint density at radius 2 is 2.12 bits per heavy atom. The van der Waals surface area contributed by atoms with Crippen LogP contribution in [0.4, 0.5) is 0 Å². The summed E-state index contributed by atoms with van der Waals surface area (Å²) < 4.78 is 5.52. The number of nitrogens with one attached hydrogen (secondary N) is 2. The van der Waals surface area contributed by atoms with Crippen molar-refractivity contribution in [2.75, 3.05) is 6.61 Å². The van der Waals surface area contributed by atoms with Crippen molar-refractivity contribution < 1.29 is 9.53 Å². The summed E-state index contributed by atoms with van der Waals surface area (Å²) in [5.74, 6) is 0.669. The predicted octanol–water partition coefficient (Wildman–Crippen LogP) is 2.96. The average Bonchev–Trinajstić information content (AvgIpc) is 3.30. The number of carbonyl (C=O) groups excluding carboxylic acids is 1. The molecule has 2 aromatic rings. The van der Waals surface area contributed by atoms with Gasteiger partial charge in [0.2, 0.25) is 0 Å². The number of thiazole rings is 1. The molecule has 0 radical (unpaired) electrons. The van der Waals surface area contributed by atoms with E-state index in [4.69, 9.17) is 4.74 Å². The van der Waals surface area contributed by atoms with Gasteiger partial charge in [0.05, 0.1) is 10.7 Å². The summed E-state index contributed by atoms with van der Waals surface area (Å²) in [6.45, 7) is 4.97. The maximum atomic E-state index is 11.6. The molecule has 0 spiro atoms. The SMILES string of the molecule is Cc1nc(CN[C@H](C)c2ccc(OCC(=O)NC3CC3)cc2)cs1. The van der Waals surface area contributed by atoms with Gasteiger partial charge in [-0.05, 0) is 44.4 Å². The smallest absolute Gasteiger partial charge is 0.258 e. The van der Waals surface area contributed by atoms with E-state index in [0.717, 1.165) is 30.1 Å². The van der Waals surface area contributed by atoms with Crippen molar-refractivity contribution >= 4 is 17.2 Å². The third-order valence-electron chi connectivity index (χ3n) is 3.95. The molecule has 3 rings (SSSR count). The Hall–Kier alpha value is -1.92. The Labute approximate surface area is 146 Å². The molecule has 1 fully saturated rings. The predicted molar refractivity (Wildman–Crippen MR) is 95.2 cm³/mol. The molecule has 5 nitrogen and oxygen atoms in total. The summed E-state index contributed by atoms with van der Waals surface area (Å²) in [6.07, 6.45) is 2.18. The van der Waals surface area contributed by atoms with E-state index in [-0.39, 0.29) is 18.6 Å². The fourth-order valence-corrected chi connectivity index (χ4v) is 2.98. The molecule has 1 amide bonds. The third-order valence-corrected chi connectivity index (χ3v) is 4.77. The minimum Gasteiger partial charge on any atom is -0.484 e. The van der Waals surface area contributed by atoms with Crippen molar-refractivity contribution in [3.8, 4) is 5.75 Å². The van der Waals surface area contributed by atoms with Gasteiger partial charge >= 0.3 is 0 Å². The second kappa shape index (κ2) is 7.77. The number of hydrogen-bond acceptors (Lipinski definition) is 5. The van der Waals surface area contributed by atoms with E-state index in [0.29, 0.717) is 11.8 Å². The van der Waals surface area contributed by atoms with Crippen LogP contribution >= 0.6 is 11.3 Å². The van der Waals surface area contributed by atoms with Gasteiger partial charge in [-0.15, -0.1) is 11.3 Å². The number of aromatic nitrogens is 1. The van der Waals surface area contributed by atoms with E-state index < -0.39 is 0 Å². The van der Waals surface area contributed by atoms with Crippen molar-refractivity contribution in [1.82, 2.24) is 15.6 Å². The maximum Gasteiger partial charge on any atom is 0.258 e. The molecular formula is C18H23N3O2S. The lowest BCUT2D eigenvalue weighted by Crippen LogP contribution is -2.30. The standard InChI is InChI=1S/C18H23N3O2S/c1-12(19-9-16-11-24-13(2)20-16)14-3-7-17(8-4-14)23-10-18(22)21-15-5-6-15/h3-4,7-8,11-12,15,19H,5-6,9-10H2,1-2H3,(H,21,22)/t12-/m1/s1. The highest BCUT2D eigenvalue weighted by Gasteiger charge is 2.23. The number of hydrogen-bond donors (Lipinski definition) is 2. The lowest BCUT2D eigenvalue weighted by atomic mass is 10.1. The topological polar surface area (TPSA) is 63.3 Å². The van der Waals surface area contributed by atoms with E-state index in [9.17, 15) is 4.79 Å². The summed E-state index contributed by atoms with van der Waals surface area (Å²) in [7, 11) is 0. The van der Waals surface area contributed by atoms with E-state index in [1.165, 1.54) is 5.56 Å². The molecule has 1 aliphatic carbocycles. The average molecular weight is 345 g/mol. The summed E-state index contributed by atoms with van der Waals surface area (Å²) in [6, 6.07) is 8.46. The first-order valence-corrected chi connectivity index (χ1v) is 9.14. The molecule has 0 unspecified atom stereocenters. The summed E-state index contributed by atoms with van der Waals surface area (Å²) in [4.78, 5) is 16.1. The van der Waals surface area contributed by atoms with E-state index in [1.54, 1.807) is 11.3 Å². The summed E-state index contributed by atoms with van der Waals surface area (Å²) in [5.41, 5.74) is 2.25. The molecule has 1 atom stereocenters. The molecule has 0 aliphatic heterocycles. The normalized spacial score (nSPS) is 15.1. The zero-order chi connectivity index (χ0) is 16.9. The zero-order valence-electron chi connectivity index (χ0n) is 14.0. The van der Waals surface area contributed by atoms with Crippen LogP contribution in [-0.2, 0) is 11.3 Å². The first kappa shape index (κ1) is 16.9. The van der Waals surface area contributed by atoms with Crippen LogP contribution in [0.5, 0.6) is 5.75 Å². The number of rotatable bonds is 8. The molecule has 1 aromatic carbocycles. The van der Waals surface area contributed by atoms with Gasteiger partial charge < -0.3 is 15.4 Å². The number of amides is 1. The second-order valence-corrected chi connectivity index (χ2v) is 7.22. The molecule has 1 aliphatic rings. The maximum absolute atomic E-state index is 11.6. The Balaban J connectivity index is 1.45. The van der Waals surface area contributed by atoms with Gasteiger partial charge in [-0.25, -0.2) is 4.98 Å². The molecule has 0 saturated heterocycles. The number of aryl methyl sites for hydroxylation is 1. The molecule has 1 aromatic heterocycles. The highest BCUT2D eigenvalue weighted by atomic mass is 32.1. The van der Waals surface area contributed by atoms with E-state index >= 15 is 0 Å². The van der Waals surface area contributed by atoms with Crippen molar-refractivity contribution in [1.29, 1.82) is 0 Å². The van der Waals surface area contributed by atoms with Gasteiger partial charge in [0.25, 0.3) is 5.91 Å². The largest absolute Gasteiger partial charge is 0.484 e. The Morgan fingerprint density at radius 1 is 1.38 bits per heavy atom. The second-order valence-electron chi connectivity index (χ2n) is 6.16. The Bertz CT molecular complexity index is 680. The third kappa shape index (κ3) is 5.04. The van der Waals surface area contributed by atoms with Crippen LogP contribution in [0, 0.1) is 6.92 Å². The van der Waals surface area contributed by atoms with Gasteiger partial charge in [0, 0.05) is 24.0 Å². The molecule has 6 heteroatoms. The Kier molecular flexibility index (Phi) is 5.48. The van der Waals surface area contributed by atoms with Gasteiger partial charge in [0.1, 0.15) is 5.75 Å². The van der Waals surface area contributed by atoms with Crippen LogP contribution in [0.15, 0.2) is 29.6 Å². The van der Waals surface area contributed by atoms with Gasteiger partial charge in [-0.1, -0.05) is 12.1 Å². The van der Waals surface area contributed by atoms with Crippen molar-refractivity contribution in [3.63, 3.8) is 0 Å². The van der Waals surface area contributed by atoms with Gasteiger partial charge in [-0.3, -0.25) is 4.79 Å². The van der Waals surface area contributed by atoms with E-state index in [1.807, 2.05) is 31.2 Å². The highest BCUT2D eigenvalue weighted by Crippen LogP contribution is 2.20. The van der Waals surface area contributed by atoms with Crippen molar-refractivity contribution in [3.05, 3.63) is 45.9 Å². The van der Waals surface area contributed by atoms with Gasteiger partial charge in [-0.2, -0.15) is 0 Å². The molecule has 128 valence electrons. The van der Waals surface area contributed by atoms with Gasteiger partial charge in [0.15, 0.2) is 6.61 Å². The molecule has 24 heavy (non-hydrogen) atoms. The highest BCUT2D eigenvalue weighted by molar-refractivity contribution is 7.09. The number of benzene rings is 1. The lowest BCUT2D eigenvalue weighted by Gasteiger charge is -2.14. The number of carbonyl (C=O) groups is 1. The van der Waals surface area contributed by atoms with E-state index in [2.05, 4.69) is 27.9 Å². The fourth-order valence-electron chi connectivity index (χ4n) is 2.36. The van der Waals surface area contributed by atoms with Crippen LogP contribution in [-0.4, -0.2) is 23.5 Å². The van der Waals surface area contributed by atoms with Crippen LogP contribution in [0.1, 0.15) is 42.1 Å². The van der Waals surface area contributed by atoms with Crippen LogP contribution in [0.2, 0.25) is 0 Å². The first-order chi connectivity index (χ1) is 11.6. The fraction of sp³-hybridized carbons (Fsp3) is 0.444. The monoisotopic (exact) mass is 345 g/mol.